The van der Waals surface area contributed by atoms with E-state index in [0.29, 0.717) is 12.6 Å². The Hall–Kier alpha value is -0.870. The second kappa shape index (κ2) is 5.85. The van der Waals surface area contributed by atoms with Crippen LogP contribution in [0.4, 0.5) is 0 Å². The van der Waals surface area contributed by atoms with E-state index in [1.807, 2.05) is 12.1 Å². The van der Waals surface area contributed by atoms with Crippen LogP contribution in [0.3, 0.4) is 0 Å². The maximum atomic E-state index is 11.0. The van der Waals surface area contributed by atoms with Crippen molar-refractivity contribution in [1.29, 1.82) is 0 Å². The first kappa shape index (κ1) is 13.6. The maximum Gasteiger partial charge on any atom is 0.307 e. The molecule has 18 heavy (non-hydrogen) atoms. The van der Waals surface area contributed by atoms with Crippen LogP contribution in [-0.4, -0.2) is 29.1 Å². The number of carboxylic acid groups (broad SMARTS) is 1. The van der Waals surface area contributed by atoms with Crippen LogP contribution in [0.5, 0.6) is 0 Å². The first-order valence-corrected chi connectivity index (χ1v) is 7.13. The minimum atomic E-state index is -0.664. The molecule has 98 valence electrons. The van der Waals surface area contributed by atoms with Crippen LogP contribution in [0.1, 0.15) is 31.4 Å². The molecule has 0 radical (unpaired) electrons. The van der Waals surface area contributed by atoms with Crippen LogP contribution >= 0.6 is 15.9 Å². The highest BCUT2D eigenvalue weighted by molar-refractivity contribution is 9.10. The van der Waals surface area contributed by atoms with Gasteiger partial charge in [-0.2, -0.15) is 0 Å². The number of benzene rings is 1. The van der Waals surface area contributed by atoms with Crippen LogP contribution in [-0.2, 0) is 4.79 Å². The molecule has 1 N–H and O–H groups in total. The van der Waals surface area contributed by atoms with Gasteiger partial charge in [0.15, 0.2) is 0 Å². The number of aliphatic carboxylic acids is 1. The van der Waals surface area contributed by atoms with Gasteiger partial charge in [-0.3, -0.25) is 9.69 Å². The molecule has 3 nitrogen and oxygen atoms in total. The quantitative estimate of drug-likeness (QED) is 0.927. The van der Waals surface area contributed by atoms with Gasteiger partial charge in [-0.15, -0.1) is 0 Å². The van der Waals surface area contributed by atoms with E-state index in [9.17, 15) is 4.79 Å². The summed E-state index contributed by atoms with van der Waals surface area (Å²) in [4.78, 5) is 13.3. The molecule has 0 aromatic heterocycles. The number of halogens is 1. The highest BCUT2D eigenvalue weighted by Crippen LogP contribution is 2.30. The van der Waals surface area contributed by atoms with Crippen molar-refractivity contribution in [2.24, 2.45) is 5.92 Å². The molecule has 0 spiro atoms. The zero-order valence-electron chi connectivity index (χ0n) is 10.5. The van der Waals surface area contributed by atoms with Crippen LogP contribution in [0.2, 0.25) is 0 Å². The molecular weight excluding hydrogens is 294 g/mol. The molecule has 1 heterocycles. The predicted molar refractivity (Wildman–Crippen MR) is 74.5 cm³/mol. The Kier molecular flexibility index (Phi) is 4.40. The summed E-state index contributed by atoms with van der Waals surface area (Å²) in [6.07, 6.45) is 1.77. The minimum absolute atomic E-state index is 0.200. The second-order valence-corrected chi connectivity index (χ2v) is 5.71. The molecule has 1 aliphatic heterocycles. The molecule has 4 heteroatoms. The van der Waals surface area contributed by atoms with Crippen molar-refractivity contribution in [3.8, 4) is 0 Å². The summed E-state index contributed by atoms with van der Waals surface area (Å²) in [5.74, 6) is -0.863. The Morgan fingerprint density at radius 2 is 2.17 bits per heavy atom. The molecule has 1 fully saturated rings. The number of likely N-dealkylation sites (tertiary alicyclic amines) is 1. The summed E-state index contributed by atoms with van der Waals surface area (Å²) >= 11 is 3.44. The van der Waals surface area contributed by atoms with Crippen molar-refractivity contribution in [2.45, 2.75) is 25.8 Å². The van der Waals surface area contributed by atoms with E-state index in [1.165, 1.54) is 5.56 Å². The maximum absolute atomic E-state index is 11.0. The smallest absolute Gasteiger partial charge is 0.307 e. The molecule has 1 saturated heterocycles. The van der Waals surface area contributed by atoms with Gasteiger partial charge < -0.3 is 5.11 Å². The summed E-state index contributed by atoms with van der Waals surface area (Å²) in [5, 5.41) is 9.06. The number of hydrogen-bond acceptors (Lipinski definition) is 2. The third-order valence-electron chi connectivity index (χ3n) is 3.65. The largest absolute Gasteiger partial charge is 0.481 e. The van der Waals surface area contributed by atoms with E-state index in [4.69, 9.17) is 5.11 Å². The average Bonchev–Trinajstić information content (AvgIpc) is 2.82. The number of carbonyl (C=O) groups is 1. The van der Waals surface area contributed by atoms with Gasteiger partial charge in [0.2, 0.25) is 0 Å². The number of rotatable bonds is 4. The fourth-order valence-electron chi connectivity index (χ4n) is 2.66. The molecule has 2 unspecified atom stereocenters. The van der Waals surface area contributed by atoms with Crippen LogP contribution in [0.25, 0.3) is 0 Å². The molecule has 0 aliphatic carbocycles. The summed E-state index contributed by atoms with van der Waals surface area (Å²) in [6, 6.07) is 8.66. The van der Waals surface area contributed by atoms with Crippen LogP contribution < -0.4 is 0 Å². The lowest BCUT2D eigenvalue weighted by molar-refractivity contribution is -0.141. The molecule has 1 aliphatic rings. The summed E-state index contributed by atoms with van der Waals surface area (Å²) in [5.41, 5.74) is 1.27. The van der Waals surface area contributed by atoms with Crippen LogP contribution in [0, 0.1) is 5.92 Å². The van der Waals surface area contributed by atoms with Gasteiger partial charge in [0.25, 0.3) is 0 Å². The first-order valence-electron chi connectivity index (χ1n) is 6.34. The molecule has 2 rings (SSSR count). The zero-order chi connectivity index (χ0) is 13.1. The number of hydrogen-bond donors (Lipinski definition) is 1. The van der Waals surface area contributed by atoms with Crippen molar-refractivity contribution >= 4 is 21.9 Å². The van der Waals surface area contributed by atoms with E-state index in [-0.39, 0.29) is 5.92 Å². The lowest BCUT2D eigenvalue weighted by atomic mass is 10.0. The Morgan fingerprint density at radius 1 is 1.50 bits per heavy atom. The first-order chi connectivity index (χ1) is 8.61. The van der Waals surface area contributed by atoms with Crippen molar-refractivity contribution in [3.05, 3.63) is 34.3 Å². The third kappa shape index (κ3) is 2.93. The molecule has 2 atom stereocenters. The second-order valence-electron chi connectivity index (χ2n) is 4.79. The summed E-state index contributed by atoms with van der Waals surface area (Å²) in [7, 11) is 0. The van der Waals surface area contributed by atoms with Gasteiger partial charge in [-0.25, -0.2) is 0 Å². The Balaban J connectivity index is 2.10. The van der Waals surface area contributed by atoms with Gasteiger partial charge in [-0.05, 0) is 37.1 Å². The average molecular weight is 312 g/mol. The Morgan fingerprint density at radius 3 is 2.67 bits per heavy atom. The standard InChI is InChI=1S/C14H18BrNO2/c1-2-13(10-3-5-12(15)6-4-10)16-8-7-11(9-16)14(17)18/h3-6,11,13H,2,7-9H2,1H3,(H,17,18). The molecule has 0 amide bonds. The number of carboxylic acids is 1. The van der Waals surface area contributed by atoms with Crippen LogP contribution in [0.15, 0.2) is 28.7 Å². The monoisotopic (exact) mass is 311 g/mol. The molecular formula is C14H18BrNO2. The van der Waals surface area contributed by atoms with Gasteiger partial charge in [0.05, 0.1) is 5.92 Å². The molecule has 0 saturated carbocycles. The van der Waals surface area contributed by atoms with E-state index < -0.39 is 5.97 Å². The molecule has 1 aromatic rings. The fraction of sp³-hybridized carbons (Fsp3) is 0.500. The Bertz CT molecular complexity index is 418. The lowest BCUT2D eigenvalue weighted by Crippen LogP contribution is -2.27. The van der Waals surface area contributed by atoms with Crippen molar-refractivity contribution < 1.29 is 9.90 Å². The van der Waals surface area contributed by atoms with Crippen molar-refractivity contribution in [2.75, 3.05) is 13.1 Å². The minimum Gasteiger partial charge on any atom is -0.481 e. The number of nitrogens with zero attached hydrogens (tertiary/aromatic N) is 1. The van der Waals surface area contributed by atoms with Gasteiger partial charge in [-0.1, -0.05) is 35.0 Å². The van der Waals surface area contributed by atoms with E-state index in [2.05, 4.69) is 39.9 Å². The van der Waals surface area contributed by atoms with E-state index in [0.717, 1.165) is 23.9 Å². The molecule has 0 bridgehead atoms. The normalized spacial score (nSPS) is 22.0. The highest BCUT2D eigenvalue weighted by atomic mass is 79.9. The Labute approximate surface area is 116 Å². The van der Waals surface area contributed by atoms with Gasteiger partial charge in [0.1, 0.15) is 0 Å². The van der Waals surface area contributed by atoms with E-state index in [1.54, 1.807) is 0 Å². The molecule has 1 aromatic carbocycles. The fourth-order valence-corrected chi connectivity index (χ4v) is 2.93. The van der Waals surface area contributed by atoms with Gasteiger partial charge >= 0.3 is 5.97 Å². The van der Waals surface area contributed by atoms with Gasteiger partial charge in [0, 0.05) is 17.1 Å². The van der Waals surface area contributed by atoms with E-state index >= 15 is 0 Å². The summed E-state index contributed by atoms with van der Waals surface area (Å²) < 4.78 is 1.07. The van der Waals surface area contributed by atoms with Crippen molar-refractivity contribution in [3.63, 3.8) is 0 Å². The SMILES string of the molecule is CCC(c1ccc(Br)cc1)N1CCC(C(=O)O)C1. The predicted octanol–water partition coefficient (Wildman–Crippen LogP) is 3.31. The lowest BCUT2D eigenvalue weighted by Gasteiger charge is -2.27. The van der Waals surface area contributed by atoms with Crippen molar-refractivity contribution in [1.82, 2.24) is 4.90 Å². The third-order valence-corrected chi connectivity index (χ3v) is 4.18. The highest BCUT2D eigenvalue weighted by Gasteiger charge is 2.31. The zero-order valence-corrected chi connectivity index (χ0v) is 12.1. The summed E-state index contributed by atoms with van der Waals surface area (Å²) in [6.45, 7) is 3.70. The topological polar surface area (TPSA) is 40.5 Å².